The summed E-state index contributed by atoms with van der Waals surface area (Å²) in [6.45, 7) is 0.797. The van der Waals surface area contributed by atoms with Crippen molar-refractivity contribution in [3.63, 3.8) is 0 Å². The highest BCUT2D eigenvalue weighted by Gasteiger charge is 2.02. The van der Waals surface area contributed by atoms with Crippen LogP contribution in [0.2, 0.25) is 0 Å². The van der Waals surface area contributed by atoms with Crippen molar-refractivity contribution in [1.82, 2.24) is 10.3 Å². The largest absolute Gasteiger partial charge is 0.361 e. The molecule has 0 aliphatic carbocycles. The zero-order valence-corrected chi connectivity index (χ0v) is 7.39. The van der Waals surface area contributed by atoms with Gasteiger partial charge in [-0.2, -0.15) is 0 Å². The van der Waals surface area contributed by atoms with Gasteiger partial charge in [0.2, 0.25) is 0 Å². The van der Waals surface area contributed by atoms with Crippen LogP contribution in [0.4, 0.5) is 4.39 Å². The third-order valence-corrected chi connectivity index (χ3v) is 2.10. The minimum atomic E-state index is -0.203. The second-order valence-corrected chi connectivity index (χ2v) is 3.03. The van der Waals surface area contributed by atoms with E-state index < -0.39 is 0 Å². The third kappa shape index (κ3) is 1.42. The van der Waals surface area contributed by atoms with E-state index in [0.29, 0.717) is 0 Å². The van der Waals surface area contributed by atoms with Crippen LogP contribution in [0.25, 0.3) is 10.9 Å². The van der Waals surface area contributed by atoms with E-state index in [1.807, 2.05) is 13.2 Å². The Kier molecular flexibility index (Phi) is 2.02. The highest BCUT2D eigenvalue weighted by molar-refractivity contribution is 5.83. The lowest BCUT2D eigenvalue weighted by molar-refractivity contribution is 0.629. The molecule has 2 rings (SSSR count). The monoisotopic (exact) mass is 178 g/mol. The molecule has 1 aromatic carbocycles. The first-order chi connectivity index (χ1) is 6.31. The Hall–Kier alpha value is -1.35. The molecule has 0 amide bonds. The maximum Gasteiger partial charge on any atom is 0.125 e. The Morgan fingerprint density at radius 3 is 3.08 bits per heavy atom. The summed E-state index contributed by atoms with van der Waals surface area (Å²) < 4.78 is 12.8. The average Bonchev–Trinajstić information content (AvgIpc) is 2.49. The molecular weight excluding hydrogens is 167 g/mol. The summed E-state index contributed by atoms with van der Waals surface area (Å²) in [5.74, 6) is -0.203. The highest BCUT2D eigenvalue weighted by atomic mass is 19.1. The van der Waals surface area contributed by atoms with E-state index in [1.165, 1.54) is 12.1 Å². The van der Waals surface area contributed by atoms with Gasteiger partial charge < -0.3 is 10.3 Å². The van der Waals surface area contributed by atoms with Gasteiger partial charge in [-0.05, 0) is 30.8 Å². The van der Waals surface area contributed by atoms with E-state index in [-0.39, 0.29) is 5.82 Å². The first-order valence-corrected chi connectivity index (χ1v) is 4.21. The fourth-order valence-electron chi connectivity index (χ4n) is 1.50. The van der Waals surface area contributed by atoms with E-state index >= 15 is 0 Å². The van der Waals surface area contributed by atoms with Crippen LogP contribution in [0.15, 0.2) is 24.4 Å². The molecule has 0 bridgehead atoms. The summed E-state index contributed by atoms with van der Waals surface area (Å²) in [6.07, 6.45) is 1.90. The van der Waals surface area contributed by atoms with E-state index in [0.717, 1.165) is 23.0 Å². The SMILES string of the molecule is CNCc1c[nH]c2cc(F)ccc12. The van der Waals surface area contributed by atoms with Crippen molar-refractivity contribution < 1.29 is 4.39 Å². The summed E-state index contributed by atoms with van der Waals surface area (Å²) in [6, 6.07) is 4.79. The van der Waals surface area contributed by atoms with Crippen molar-refractivity contribution in [2.24, 2.45) is 0 Å². The smallest absolute Gasteiger partial charge is 0.125 e. The van der Waals surface area contributed by atoms with Gasteiger partial charge in [-0.1, -0.05) is 0 Å². The quantitative estimate of drug-likeness (QED) is 0.723. The number of rotatable bonds is 2. The molecule has 3 heteroatoms. The Balaban J connectivity index is 2.55. The van der Waals surface area contributed by atoms with Gasteiger partial charge in [0.15, 0.2) is 0 Å². The standard InChI is InChI=1S/C10H11FN2/c1-12-5-7-6-13-10-4-8(11)2-3-9(7)10/h2-4,6,12-13H,5H2,1H3. The molecule has 1 aromatic heterocycles. The van der Waals surface area contributed by atoms with E-state index in [2.05, 4.69) is 10.3 Å². The number of hydrogen-bond donors (Lipinski definition) is 2. The normalized spacial score (nSPS) is 10.9. The van der Waals surface area contributed by atoms with Crippen molar-refractivity contribution in [3.8, 4) is 0 Å². The number of halogens is 1. The van der Waals surface area contributed by atoms with E-state index in [1.54, 1.807) is 6.07 Å². The fraction of sp³-hybridized carbons (Fsp3) is 0.200. The molecule has 0 saturated carbocycles. The van der Waals surface area contributed by atoms with Gasteiger partial charge in [-0.15, -0.1) is 0 Å². The molecule has 0 fully saturated rings. The Morgan fingerprint density at radius 2 is 2.31 bits per heavy atom. The van der Waals surface area contributed by atoms with Crippen molar-refractivity contribution >= 4 is 10.9 Å². The van der Waals surface area contributed by atoms with Gasteiger partial charge in [0.25, 0.3) is 0 Å². The lowest BCUT2D eigenvalue weighted by Gasteiger charge is -1.96. The molecule has 0 atom stereocenters. The van der Waals surface area contributed by atoms with Gasteiger partial charge in [0.1, 0.15) is 5.82 Å². The summed E-state index contributed by atoms with van der Waals surface area (Å²) in [7, 11) is 1.89. The zero-order chi connectivity index (χ0) is 9.26. The van der Waals surface area contributed by atoms with E-state index in [9.17, 15) is 4.39 Å². The summed E-state index contributed by atoms with van der Waals surface area (Å²) in [4.78, 5) is 3.03. The lowest BCUT2D eigenvalue weighted by atomic mass is 10.2. The molecule has 68 valence electrons. The topological polar surface area (TPSA) is 27.8 Å². The van der Waals surface area contributed by atoms with Crippen molar-refractivity contribution in [2.75, 3.05) is 7.05 Å². The first kappa shape index (κ1) is 8.26. The van der Waals surface area contributed by atoms with Crippen LogP contribution in [0, 0.1) is 5.82 Å². The van der Waals surface area contributed by atoms with Crippen LogP contribution in [-0.4, -0.2) is 12.0 Å². The molecule has 0 unspecified atom stereocenters. The molecule has 0 radical (unpaired) electrons. The molecular formula is C10H11FN2. The fourth-order valence-corrected chi connectivity index (χ4v) is 1.50. The predicted octanol–water partition coefficient (Wildman–Crippen LogP) is 2.03. The number of benzene rings is 1. The van der Waals surface area contributed by atoms with Crippen LogP contribution in [0.5, 0.6) is 0 Å². The summed E-state index contributed by atoms with van der Waals surface area (Å²) in [5.41, 5.74) is 2.02. The minimum absolute atomic E-state index is 0.203. The molecule has 13 heavy (non-hydrogen) atoms. The number of aromatic amines is 1. The molecule has 2 aromatic rings. The lowest BCUT2D eigenvalue weighted by Crippen LogP contribution is -2.03. The predicted molar refractivity (Wildman–Crippen MR) is 51.0 cm³/mol. The Labute approximate surface area is 75.8 Å². The Bertz CT molecular complexity index is 420. The minimum Gasteiger partial charge on any atom is -0.361 e. The van der Waals surface area contributed by atoms with Crippen molar-refractivity contribution in [3.05, 3.63) is 35.8 Å². The molecule has 0 aliphatic rings. The Morgan fingerprint density at radius 1 is 1.46 bits per heavy atom. The molecule has 0 saturated heterocycles. The summed E-state index contributed by atoms with van der Waals surface area (Å²) in [5, 5.41) is 4.14. The molecule has 1 heterocycles. The van der Waals surface area contributed by atoms with Crippen LogP contribution in [-0.2, 0) is 6.54 Å². The van der Waals surface area contributed by atoms with Gasteiger partial charge in [0, 0.05) is 23.6 Å². The van der Waals surface area contributed by atoms with Crippen LogP contribution in [0.1, 0.15) is 5.56 Å². The molecule has 2 N–H and O–H groups in total. The second kappa shape index (κ2) is 3.18. The highest BCUT2D eigenvalue weighted by Crippen LogP contribution is 2.18. The molecule has 2 nitrogen and oxygen atoms in total. The van der Waals surface area contributed by atoms with Crippen LogP contribution < -0.4 is 5.32 Å². The summed E-state index contributed by atoms with van der Waals surface area (Å²) >= 11 is 0. The first-order valence-electron chi connectivity index (χ1n) is 4.21. The third-order valence-electron chi connectivity index (χ3n) is 2.10. The number of nitrogens with one attached hydrogen (secondary N) is 2. The maximum atomic E-state index is 12.8. The van der Waals surface area contributed by atoms with Crippen molar-refractivity contribution in [2.45, 2.75) is 6.54 Å². The van der Waals surface area contributed by atoms with Gasteiger partial charge in [-0.25, -0.2) is 4.39 Å². The van der Waals surface area contributed by atoms with Crippen LogP contribution in [0.3, 0.4) is 0 Å². The number of H-pyrrole nitrogens is 1. The maximum absolute atomic E-state index is 12.8. The van der Waals surface area contributed by atoms with E-state index in [4.69, 9.17) is 0 Å². The molecule has 0 aliphatic heterocycles. The molecule has 0 spiro atoms. The van der Waals surface area contributed by atoms with Crippen molar-refractivity contribution in [1.29, 1.82) is 0 Å². The number of aromatic nitrogens is 1. The second-order valence-electron chi connectivity index (χ2n) is 3.03. The zero-order valence-electron chi connectivity index (χ0n) is 7.39. The number of fused-ring (bicyclic) bond motifs is 1. The number of hydrogen-bond acceptors (Lipinski definition) is 1. The van der Waals surface area contributed by atoms with Gasteiger partial charge in [0.05, 0.1) is 0 Å². The van der Waals surface area contributed by atoms with Gasteiger partial charge in [-0.3, -0.25) is 0 Å². The average molecular weight is 178 g/mol. The van der Waals surface area contributed by atoms with Crippen LogP contribution >= 0.6 is 0 Å². The van der Waals surface area contributed by atoms with Gasteiger partial charge >= 0.3 is 0 Å².